The van der Waals surface area contributed by atoms with E-state index < -0.39 is 0 Å². The van der Waals surface area contributed by atoms with E-state index in [9.17, 15) is 0 Å². The first-order valence-electron chi connectivity index (χ1n) is 5.40. The van der Waals surface area contributed by atoms with Crippen molar-refractivity contribution in [3.63, 3.8) is 0 Å². The van der Waals surface area contributed by atoms with Crippen LogP contribution >= 0.6 is 0 Å². The van der Waals surface area contributed by atoms with Crippen LogP contribution in [0.2, 0.25) is 0 Å². The van der Waals surface area contributed by atoms with E-state index in [0.29, 0.717) is 11.8 Å². The Balaban J connectivity index is 1.99. The van der Waals surface area contributed by atoms with Crippen molar-refractivity contribution in [2.75, 3.05) is 20.2 Å². The van der Waals surface area contributed by atoms with Gasteiger partial charge in [0.15, 0.2) is 5.82 Å². The fraction of sp³-hybridized carbons (Fsp3) is 0.800. The van der Waals surface area contributed by atoms with Crippen LogP contribution in [0.3, 0.4) is 0 Å². The van der Waals surface area contributed by atoms with Gasteiger partial charge in [-0.2, -0.15) is 4.98 Å². The van der Waals surface area contributed by atoms with Crippen molar-refractivity contribution in [3.8, 4) is 0 Å². The van der Waals surface area contributed by atoms with E-state index in [-0.39, 0.29) is 6.10 Å². The Kier molecular flexibility index (Phi) is 3.33. The number of nitrogens with one attached hydrogen (secondary N) is 1. The molecule has 1 aliphatic rings. The van der Waals surface area contributed by atoms with E-state index in [0.717, 1.165) is 31.8 Å². The number of aromatic nitrogens is 2. The smallest absolute Gasteiger partial charge is 0.256 e. The zero-order valence-electron chi connectivity index (χ0n) is 9.19. The van der Waals surface area contributed by atoms with Gasteiger partial charge in [-0.25, -0.2) is 0 Å². The van der Waals surface area contributed by atoms with Gasteiger partial charge in [0.2, 0.25) is 0 Å². The molecule has 0 bridgehead atoms. The Morgan fingerprint density at radius 2 is 2.40 bits per heavy atom. The van der Waals surface area contributed by atoms with Gasteiger partial charge in [0.05, 0.1) is 0 Å². The molecule has 0 radical (unpaired) electrons. The highest BCUT2D eigenvalue weighted by Crippen LogP contribution is 2.32. The van der Waals surface area contributed by atoms with Gasteiger partial charge in [-0.05, 0) is 19.4 Å². The molecule has 2 heterocycles. The zero-order chi connectivity index (χ0) is 10.7. The molecule has 0 aliphatic carbocycles. The summed E-state index contributed by atoms with van der Waals surface area (Å²) in [5, 5.41) is 6.98. The summed E-state index contributed by atoms with van der Waals surface area (Å²) in [6.07, 6.45) is 1.86. The highest BCUT2D eigenvalue weighted by atomic mass is 16.5. The summed E-state index contributed by atoms with van der Waals surface area (Å²) >= 11 is 0. The van der Waals surface area contributed by atoms with Crippen molar-refractivity contribution in [1.82, 2.24) is 15.5 Å². The molecule has 0 amide bonds. The summed E-state index contributed by atoms with van der Waals surface area (Å²) in [6, 6.07) is 0. The lowest BCUT2D eigenvalue weighted by molar-refractivity contribution is 0.0661. The number of hydrogen-bond donors (Lipinski definition) is 1. The molecule has 1 fully saturated rings. The van der Waals surface area contributed by atoms with Crippen molar-refractivity contribution in [3.05, 3.63) is 11.7 Å². The molecule has 1 aliphatic heterocycles. The molecule has 84 valence electrons. The third-order valence-corrected chi connectivity index (χ3v) is 2.71. The minimum atomic E-state index is 0.000774. The fourth-order valence-electron chi connectivity index (χ4n) is 1.73. The maximum atomic E-state index is 5.56. The topological polar surface area (TPSA) is 60.2 Å². The molecule has 2 atom stereocenters. The summed E-state index contributed by atoms with van der Waals surface area (Å²) in [4.78, 5) is 4.34. The normalized spacial score (nSPS) is 26.0. The summed E-state index contributed by atoms with van der Waals surface area (Å²) in [7, 11) is 1.91. The van der Waals surface area contributed by atoms with E-state index in [4.69, 9.17) is 9.26 Å². The number of likely N-dealkylation sites (N-methyl/N-ethyl adjacent to an activating group) is 1. The lowest BCUT2D eigenvalue weighted by atomic mass is 10.0. The molecule has 2 rings (SSSR count). The molecule has 5 nitrogen and oxygen atoms in total. The first kappa shape index (κ1) is 10.6. The summed E-state index contributed by atoms with van der Waals surface area (Å²) in [6.45, 7) is 3.80. The Morgan fingerprint density at radius 3 is 3.07 bits per heavy atom. The standard InChI is InChI=1S/C10H17N3O2/c1-7-4-6-14-9(7)10-12-8(13-15-10)3-5-11-2/h7,9,11H,3-6H2,1-2H3. The number of hydrogen-bond acceptors (Lipinski definition) is 5. The highest BCUT2D eigenvalue weighted by molar-refractivity contribution is 4.94. The van der Waals surface area contributed by atoms with Gasteiger partial charge in [-0.3, -0.25) is 0 Å². The molecule has 5 heteroatoms. The average molecular weight is 211 g/mol. The van der Waals surface area contributed by atoms with Gasteiger partial charge >= 0.3 is 0 Å². The summed E-state index contributed by atoms with van der Waals surface area (Å²) in [5.74, 6) is 1.86. The highest BCUT2D eigenvalue weighted by Gasteiger charge is 2.30. The molecule has 0 aromatic carbocycles. The monoisotopic (exact) mass is 211 g/mol. The zero-order valence-corrected chi connectivity index (χ0v) is 9.19. The first-order chi connectivity index (χ1) is 7.31. The summed E-state index contributed by atoms with van der Waals surface area (Å²) in [5.41, 5.74) is 0. The second-order valence-electron chi connectivity index (χ2n) is 3.96. The minimum Gasteiger partial charge on any atom is -0.368 e. The Bertz CT molecular complexity index is 313. The maximum absolute atomic E-state index is 5.56. The van der Waals surface area contributed by atoms with Crippen molar-refractivity contribution in [1.29, 1.82) is 0 Å². The number of ether oxygens (including phenoxy) is 1. The van der Waals surface area contributed by atoms with Crippen LogP contribution in [0.15, 0.2) is 4.52 Å². The lowest BCUT2D eigenvalue weighted by Gasteiger charge is -2.07. The molecule has 1 N–H and O–H groups in total. The minimum absolute atomic E-state index is 0.000774. The largest absolute Gasteiger partial charge is 0.368 e. The Morgan fingerprint density at radius 1 is 1.53 bits per heavy atom. The number of nitrogens with zero attached hydrogens (tertiary/aromatic N) is 2. The van der Waals surface area contributed by atoms with Crippen LogP contribution in [-0.2, 0) is 11.2 Å². The van der Waals surface area contributed by atoms with Gasteiger partial charge in [0.25, 0.3) is 5.89 Å². The number of rotatable bonds is 4. The molecule has 1 aromatic rings. The predicted octanol–water partition coefficient (Wildman–Crippen LogP) is 0.929. The van der Waals surface area contributed by atoms with E-state index in [1.165, 1.54) is 0 Å². The van der Waals surface area contributed by atoms with Crippen molar-refractivity contribution >= 4 is 0 Å². The summed E-state index contributed by atoms with van der Waals surface area (Å²) < 4.78 is 10.8. The second-order valence-corrected chi connectivity index (χ2v) is 3.96. The molecule has 2 unspecified atom stereocenters. The molecule has 15 heavy (non-hydrogen) atoms. The first-order valence-corrected chi connectivity index (χ1v) is 5.40. The van der Waals surface area contributed by atoms with Crippen LogP contribution < -0.4 is 5.32 Å². The molecule has 0 saturated carbocycles. The van der Waals surface area contributed by atoms with E-state index in [1.807, 2.05) is 7.05 Å². The quantitative estimate of drug-likeness (QED) is 0.802. The van der Waals surface area contributed by atoms with Crippen molar-refractivity contribution in [2.24, 2.45) is 5.92 Å². The van der Waals surface area contributed by atoms with Gasteiger partial charge in [0, 0.05) is 19.6 Å². The van der Waals surface area contributed by atoms with Gasteiger partial charge in [-0.1, -0.05) is 12.1 Å². The van der Waals surface area contributed by atoms with Gasteiger partial charge in [-0.15, -0.1) is 0 Å². The van der Waals surface area contributed by atoms with E-state index >= 15 is 0 Å². The fourth-order valence-corrected chi connectivity index (χ4v) is 1.73. The van der Waals surface area contributed by atoms with Crippen LogP contribution in [0.4, 0.5) is 0 Å². The third-order valence-electron chi connectivity index (χ3n) is 2.71. The Hall–Kier alpha value is -0.940. The third kappa shape index (κ3) is 2.35. The van der Waals surface area contributed by atoms with E-state index in [2.05, 4.69) is 22.4 Å². The Labute approximate surface area is 89.2 Å². The molecular formula is C10H17N3O2. The van der Waals surface area contributed by atoms with Gasteiger partial charge < -0.3 is 14.6 Å². The van der Waals surface area contributed by atoms with Crippen LogP contribution in [0, 0.1) is 5.92 Å². The van der Waals surface area contributed by atoms with Crippen LogP contribution in [0.25, 0.3) is 0 Å². The van der Waals surface area contributed by atoms with Crippen molar-refractivity contribution in [2.45, 2.75) is 25.9 Å². The molecule has 0 spiro atoms. The van der Waals surface area contributed by atoms with Crippen molar-refractivity contribution < 1.29 is 9.26 Å². The SMILES string of the molecule is CNCCc1noc(C2OCCC2C)n1. The lowest BCUT2D eigenvalue weighted by Crippen LogP contribution is -2.11. The second kappa shape index (κ2) is 4.72. The van der Waals surface area contributed by atoms with Gasteiger partial charge in [0.1, 0.15) is 6.10 Å². The van der Waals surface area contributed by atoms with Crippen LogP contribution in [0.5, 0.6) is 0 Å². The molecule has 1 aromatic heterocycles. The predicted molar refractivity (Wildman–Crippen MR) is 54.4 cm³/mol. The van der Waals surface area contributed by atoms with Crippen LogP contribution in [-0.4, -0.2) is 30.3 Å². The van der Waals surface area contributed by atoms with Crippen LogP contribution in [0.1, 0.15) is 31.2 Å². The maximum Gasteiger partial charge on any atom is 0.256 e. The molecular weight excluding hydrogens is 194 g/mol. The molecule has 1 saturated heterocycles. The van der Waals surface area contributed by atoms with E-state index in [1.54, 1.807) is 0 Å². The average Bonchev–Trinajstić information content (AvgIpc) is 2.83.